The van der Waals surface area contributed by atoms with Crippen LogP contribution in [-0.2, 0) is 24.1 Å². The maximum Gasteiger partial charge on any atom is 0.318 e. The molecule has 0 bridgehead atoms. The molecule has 2 aromatic heterocycles. The Hall–Kier alpha value is -4.13. The van der Waals surface area contributed by atoms with Gasteiger partial charge in [0, 0.05) is 50.7 Å². The molecule has 1 aliphatic carbocycles. The normalized spacial score (nSPS) is 17.9. The van der Waals surface area contributed by atoms with Crippen LogP contribution in [0.25, 0.3) is 0 Å². The molecule has 3 amide bonds. The summed E-state index contributed by atoms with van der Waals surface area (Å²) in [6.07, 6.45) is 12.8. The van der Waals surface area contributed by atoms with Crippen molar-refractivity contribution in [3.05, 3.63) is 84.2 Å². The Morgan fingerprint density at radius 3 is 2.43 bits per heavy atom. The Labute approximate surface area is 289 Å². The summed E-state index contributed by atoms with van der Waals surface area (Å²) in [5, 5.41) is 20.8. The Bertz CT molecular complexity index is 1460. The number of aromatic nitrogens is 3. The van der Waals surface area contributed by atoms with Crippen molar-refractivity contribution in [1.82, 2.24) is 35.4 Å². The highest BCUT2D eigenvalue weighted by Gasteiger charge is 2.31. The van der Waals surface area contributed by atoms with E-state index in [2.05, 4.69) is 25.9 Å². The summed E-state index contributed by atoms with van der Waals surface area (Å²) in [5.41, 5.74) is 8.66. The number of piperazine rings is 1. The largest absolute Gasteiger partial charge is 0.391 e. The second-order valence-corrected chi connectivity index (χ2v) is 13.5. The van der Waals surface area contributed by atoms with Crippen molar-refractivity contribution in [2.45, 2.75) is 94.9 Å². The third kappa shape index (κ3) is 11.2. The first-order chi connectivity index (χ1) is 23.9. The highest BCUT2D eigenvalue weighted by atomic mass is 16.3. The first-order valence-electron chi connectivity index (χ1n) is 17.9. The number of rotatable bonds is 15. The van der Waals surface area contributed by atoms with Crippen LogP contribution >= 0.6 is 0 Å². The number of pyridine rings is 1. The summed E-state index contributed by atoms with van der Waals surface area (Å²) < 4.78 is 1.35. The maximum absolute atomic E-state index is 14.1. The monoisotopic (exact) mass is 672 g/mol. The number of nitrogens with two attached hydrogens (primary N) is 1. The minimum absolute atomic E-state index is 0.0732. The molecule has 2 aliphatic rings. The average Bonchev–Trinajstić information content (AvgIpc) is 3.60. The van der Waals surface area contributed by atoms with Crippen LogP contribution in [0.4, 0.5) is 4.79 Å². The second-order valence-electron chi connectivity index (χ2n) is 13.5. The zero-order chi connectivity index (χ0) is 34.4. The van der Waals surface area contributed by atoms with E-state index in [9.17, 15) is 19.5 Å². The van der Waals surface area contributed by atoms with E-state index in [1.807, 2.05) is 48.5 Å². The first kappa shape index (κ1) is 36.2. The number of benzene rings is 1. The number of aliphatic hydroxyl groups excluding tert-OH is 1. The SMILES string of the molecule is N[C@@H](Cc1ccccc1)C(=O)n1cnc(C[C@H](NC(=O)N2CCNCC2)C(=O)N[C@@H](CC2CCCCC2)[C@@H](O)CCCc2ccccn2)c1. The maximum atomic E-state index is 14.1. The van der Waals surface area contributed by atoms with Crippen LogP contribution in [0.2, 0.25) is 0 Å². The van der Waals surface area contributed by atoms with Crippen molar-refractivity contribution in [2.24, 2.45) is 11.7 Å². The Kier molecular flexibility index (Phi) is 13.7. The molecule has 0 spiro atoms. The van der Waals surface area contributed by atoms with Gasteiger partial charge in [0.05, 0.1) is 23.9 Å². The quantitative estimate of drug-likeness (QED) is 0.164. The van der Waals surface area contributed by atoms with E-state index in [1.54, 1.807) is 17.3 Å². The lowest BCUT2D eigenvalue weighted by atomic mass is 9.83. The Morgan fingerprint density at radius 1 is 0.939 bits per heavy atom. The number of carbonyl (C=O) groups excluding carboxylic acids is 3. The molecule has 5 rings (SSSR count). The van der Waals surface area contributed by atoms with Gasteiger partial charge in [-0.15, -0.1) is 0 Å². The number of aliphatic hydroxyl groups is 1. The zero-order valence-corrected chi connectivity index (χ0v) is 28.4. The van der Waals surface area contributed by atoms with Gasteiger partial charge >= 0.3 is 6.03 Å². The minimum Gasteiger partial charge on any atom is -0.391 e. The lowest BCUT2D eigenvalue weighted by Gasteiger charge is -2.32. The molecule has 2 fully saturated rings. The van der Waals surface area contributed by atoms with Crippen LogP contribution in [0.15, 0.2) is 67.3 Å². The molecule has 1 aliphatic heterocycles. The molecule has 6 N–H and O–H groups in total. The standard InChI is InChI=1S/C37H52N8O4/c38-31(22-27-10-3-1-4-11-27)36(48)45-25-30(41-26-45)24-33(43-37(49)44-20-18-39-19-21-44)35(47)42-32(23-28-12-5-2-6-13-28)34(46)16-9-15-29-14-7-8-17-40-29/h1,3-4,7-8,10-11,14,17,25-26,28,31-34,39,46H,2,5-6,9,12-13,15-16,18-24,38H2,(H,42,47)(H,43,49)/t31-,32-,33-,34-/m0/s1. The number of nitrogens with one attached hydrogen (secondary N) is 3. The lowest BCUT2D eigenvalue weighted by molar-refractivity contribution is -0.124. The van der Waals surface area contributed by atoms with Crippen molar-refractivity contribution in [1.29, 1.82) is 0 Å². The highest BCUT2D eigenvalue weighted by molar-refractivity contribution is 5.88. The summed E-state index contributed by atoms with van der Waals surface area (Å²) in [4.78, 5) is 51.1. The summed E-state index contributed by atoms with van der Waals surface area (Å²) in [5.74, 6) is -0.273. The van der Waals surface area contributed by atoms with Gasteiger partial charge in [-0.05, 0) is 55.7 Å². The number of urea groups is 1. The van der Waals surface area contributed by atoms with Gasteiger partial charge in [-0.25, -0.2) is 9.78 Å². The number of imidazole rings is 1. The molecule has 49 heavy (non-hydrogen) atoms. The van der Waals surface area contributed by atoms with Crippen LogP contribution < -0.4 is 21.7 Å². The van der Waals surface area contributed by atoms with Crippen LogP contribution in [0.1, 0.15) is 73.1 Å². The molecule has 264 valence electrons. The number of amides is 3. The van der Waals surface area contributed by atoms with Crippen molar-refractivity contribution in [3.63, 3.8) is 0 Å². The van der Waals surface area contributed by atoms with Gasteiger partial charge in [0.15, 0.2) is 0 Å². The fourth-order valence-corrected chi connectivity index (χ4v) is 6.88. The summed E-state index contributed by atoms with van der Waals surface area (Å²) >= 11 is 0. The predicted octanol–water partition coefficient (Wildman–Crippen LogP) is 2.85. The van der Waals surface area contributed by atoms with Crippen molar-refractivity contribution < 1.29 is 19.5 Å². The fourth-order valence-electron chi connectivity index (χ4n) is 6.88. The number of hydrogen-bond acceptors (Lipinski definition) is 8. The van der Waals surface area contributed by atoms with E-state index >= 15 is 0 Å². The molecule has 3 aromatic rings. The van der Waals surface area contributed by atoms with Crippen molar-refractivity contribution >= 4 is 17.8 Å². The number of carbonyl (C=O) groups is 3. The van der Waals surface area contributed by atoms with Crippen molar-refractivity contribution in [3.8, 4) is 0 Å². The molecule has 1 saturated heterocycles. The summed E-state index contributed by atoms with van der Waals surface area (Å²) in [6.45, 7) is 2.41. The van der Waals surface area contributed by atoms with Gasteiger partial charge in [-0.1, -0.05) is 68.5 Å². The van der Waals surface area contributed by atoms with E-state index in [0.717, 1.165) is 49.8 Å². The lowest BCUT2D eigenvalue weighted by Crippen LogP contribution is -2.57. The van der Waals surface area contributed by atoms with E-state index < -0.39 is 24.2 Å². The summed E-state index contributed by atoms with van der Waals surface area (Å²) in [6, 6.07) is 12.9. The van der Waals surface area contributed by atoms with Gasteiger partial charge in [-0.3, -0.25) is 19.1 Å². The Balaban J connectivity index is 1.28. The molecule has 1 saturated carbocycles. The van der Waals surface area contributed by atoms with Crippen LogP contribution in [-0.4, -0.2) is 92.8 Å². The topological polar surface area (TPSA) is 168 Å². The molecular formula is C37H52N8O4. The van der Waals surface area contributed by atoms with E-state index in [4.69, 9.17) is 5.73 Å². The minimum atomic E-state index is -0.964. The predicted molar refractivity (Wildman–Crippen MR) is 188 cm³/mol. The molecule has 4 atom stereocenters. The zero-order valence-electron chi connectivity index (χ0n) is 28.4. The van der Waals surface area contributed by atoms with Crippen LogP contribution in [0.3, 0.4) is 0 Å². The van der Waals surface area contributed by atoms with Crippen LogP contribution in [0, 0.1) is 5.92 Å². The van der Waals surface area contributed by atoms with Crippen molar-refractivity contribution in [2.75, 3.05) is 26.2 Å². The second kappa shape index (κ2) is 18.6. The highest BCUT2D eigenvalue weighted by Crippen LogP contribution is 2.29. The first-order valence-corrected chi connectivity index (χ1v) is 17.9. The van der Waals surface area contributed by atoms with Gasteiger partial charge in [0.25, 0.3) is 0 Å². The van der Waals surface area contributed by atoms with Gasteiger partial charge in [0.2, 0.25) is 11.8 Å². The fraction of sp³-hybridized carbons (Fsp3) is 0.541. The van der Waals surface area contributed by atoms with E-state index in [0.29, 0.717) is 57.1 Å². The third-order valence-electron chi connectivity index (χ3n) is 9.70. The molecule has 12 nitrogen and oxygen atoms in total. The van der Waals surface area contributed by atoms with E-state index in [1.165, 1.54) is 17.3 Å². The van der Waals surface area contributed by atoms with Gasteiger partial charge in [-0.2, -0.15) is 0 Å². The third-order valence-corrected chi connectivity index (χ3v) is 9.70. The Morgan fingerprint density at radius 2 is 1.69 bits per heavy atom. The molecule has 0 unspecified atom stereocenters. The molecule has 1 aromatic carbocycles. The molecular weight excluding hydrogens is 620 g/mol. The number of hydrogen-bond donors (Lipinski definition) is 5. The molecule has 12 heteroatoms. The van der Waals surface area contributed by atoms with E-state index in [-0.39, 0.29) is 24.3 Å². The smallest absolute Gasteiger partial charge is 0.318 e. The average molecular weight is 673 g/mol. The van der Waals surface area contributed by atoms with Crippen LogP contribution in [0.5, 0.6) is 0 Å². The number of aryl methyl sites for hydroxylation is 1. The summed E-state index contributed by atoms with van der Waals surface area (Å²) in [7, 11) is 0. The number of nitrogens with zero attached hydrogens (tertiary/aromatic N) is 4. The molecule has 3 heterocycles. The molecule has 0 radical (unpaired) electrons. The van der Waals surface area contributed by atoms with Gasteiger partial charge < -0.3 is 31.7 Å². The van der Waals surface area contributed by atoms with Gasteiger partial charge in [0.1, 0.15) is 12.4 Å².